The lowest BCUT2D eigenvalue weighted by atomic mass is 10.1. The average Bonchev–Trinajstić information content (AvgIpc) is 2.66. The minimum absolute atomic E-state index is 0.631. The van der Waals surface area contributed by atoms with Crippen LogP contribution in [0.15, 0.2) is 24.5 Å². The number of nitrogens with two attached hydrogens (primary N) is 1. The van der Waals surface area contributed by atoms with Gasteiger partial charge in [-0.1, -0.05) is 6.07 Å². The molecule has 0 atom stereocenters. The highest BCUT2D eigenvalue weighted by Gasteiger charge is 2.00. The fraction of sp³-hybridized carbons (Fsp3) is 0.364. The summed E-state index contributed by atoms with van der Waals surface area (Å²) in [6.07, 6.45) is 2.82. The lowest BCUT2D eigenvalue weighted by Gasteiger charge is -2.04. The van der Waals surface area contributed by atoms with Crippen LogP contribution in [-0.2, 0) is 13.5 Å². The zero-order valence-corrected chi connectivity index (χ0v) is 9.40. The smallest absolute Gasteiger partial charge is 0.0955 e. The van der Waals surface area contributed by atoms with Crippen LogP contribution in [0.1, 0.15) is 5.56 Å². The standard InChI is InChI=1S/C11H17N5/c1-16-8-14-10-6-9(2-3-11(10)16)4-5-13-7-15-12/h2-3,6,8,13,15H,4-5,7,12H2,1H3. The second kappa shape index (κ2) is 5.07. The Morgan fingerprint density at radius 1 is 1.44 bits per heavy atom. The molecule has 0 saturated heterocycles. The van der Waals surface area contributed by atoms with Crippen LogP contribution in [0.3, 0.4) is 0 Å². The summed E-state index contributed by atoms with van der Waals surface area (Å²) in [5, 5.41) is 3.18. The summed E-state index contributed by atoms with van der Waals surface area (Å²) >= 11 is 0. The van der Waals surface area contributed by atoms with Gasteiger partial charge in [-0.25, -0.2) is 10.4 Å². The predicted octanol–water partition coefficient (Wildman–Crippen LogP) is 0.126. The topological polar surface area (TPSA) is 67.9 Å². The summed E-state index contributed by atoms with van der Waals surface area (Å²) in [7, 11) is 2.00. The van der Waals surface area contributed by atoms with Crippen molar-refractivity contribution in [2.45, 2.75) is 6.42 Å². The monoisotopic (exact) mass is 219 g/mol. The summed E-state index contributed by atoms with van der Waals surface area (Å²) in [5.74, 6) is 5.16. The number of rotatable bonds is 5. The molecule has 5 nitrogen and oxygen atoms in total. The van der Waals surface area contributed by atoms with Gasteiger partial charge in [0.1, 0.15) is 0 Å². The molecule has 4 N–H and O–H groups in total. The second-order valence-electron chi connectivity index (χ2n) is 3.81. The fourth-order valence-corrected chi connectivity index (χ4v) is 1.73. The van der Waals surface area contributed by atoms with E-state index in [9.17, 15) is 0 Å². The molecule has 0 aliphatic carbocycles. The van der Waals surface area contributed by atoms with Crippen molar-refractivity contribution in [3.8, 4) is 0 Å². The highest BCUT2D eigenvalue weighted by atomic mass is 15.3. The first-order valence-electron chi connectivity index (χ1n) is 5.35. The Balaban J connectivity index is 2.02. The lowest BCUT2D eigenvalue weighted by molar-refractivity contribution is 0.602. The number of aryl methyl sites for hydroxylation is 1. The SMILES string of the molecule is Cn1cnc2cc(CCNCNN)ccc21. The van der Waals surface area contributed by atoms with Gasteiger partial charge in [0.05, 0.1) is 24.0 Å². The Bertz CT molecular complexity index is 462. The maximum absolute atomic E-state index is 5.16. The summed E-state index contributed by atoms with van der Waals surface area (Å²) < 4.78 is 2.02. The molecule has 0 unspecified atom stereocenters. The Morgan fingerprint density at radius 2 is 2.31 bits per heavy atom. The molecule has 5 heteroatoms. The molecule has 16 heavy (non-hydrogen) atoms. The van der Waals surface area contributed by atoms with Crippen molar-refractivity contribution < 1.29 is 0 Å². The summed E-state index contributed by atoms with van der Waals surface area (Å²) in [6, 6.07) is 6.38. The van der Waals surface area contributed by atoms with Crippen LogP contribution < -0.4 is 16.6 Å². The molecule has 0 saturated carbocycles. The molecule has 1 aromatic heterocycles. The molecule has 0 amide bonds. The predicted molar refractivity (Wildman–Crippen MR) is 64.6 cm³/mol. The van der Waals surface area contributed by atoms with Crippen LogP contribution >= 0.6 is 0 Å². The van der Waals surface area contributed by atoms with Crippen LogP contribution in [0.2, 0.25) is 0 Å². The number of benzene rings is 1. The minimum atomic E-state index is 0.631. The van der Waals surface area contributed by atoms with Gasteiger partial charge in [0.25, 0.3) is 0 Å². The molecule has 0 spiro atoms. The van der Waals surface area contributed by atoms with Gasteiger partial charge in [-0.3, -0.25) is 5.84 Å². The molecule has 1 heterocycles. The first kappa shape index (κ1) is 11.1. The highest BCUT2D eigenvalue weighted by Crippen LogP contribution is 2.13. The van der Waals surface area contributed by atoms with E-state index in [-0.39, 0.29) is 0 Å². The van der Waals surface area contributed by atoms with Gasteiger partial charge in [0.2, 0.25) is 0 Å². The average molecular weight is 219 g/mol. The molecule has 2 rings (SSSR count). The molecule has 86 valence electrons. The third-order valence-corrected chi connectivity index (χ3v) is 2.61. The van der Waals surface area contributed by atoms with E-state index in [1.807, 2.05) is 17.9 Å². The van der Waals surface area contributed by atoms with Gasteiger partial charge in [-0.15, -0.1) is 0 Å². The maximum atomic E-state index is 5.16. The van der Waals surface area contributed by atoms with Crippen LogP contribution in [0.4, 0.5) is 0 Å². The van der Waals surface area contributed by atoms with Crippen LogP contribution in [0, 0.1) is 0 Å². The van der Waals surface area contributed by atoms with Gasteiger partial charge >= 0.3 is 0 Å². The van der Waals surface area contributed by atoms with E-state index >= 15 is 0 Å². The van der Waals surface area contributed by atoms with Crippen molar-refractivity contribution in [2.75, 3.05) is 13.2 Å². The third-order valence-electron chi connectivity index (χ3n) is 2.61. The van der Waals surface area contributed by atoms with Gasteiger partial charge < -0.3 is 9.88 Å². The molecule has 0 fully saturated rings. The van der Waals surface area contributed by atoms with Crippen LogP contribution in [-0.4, -0.2) is 22.8 Å². The van der Waals surface area contributed by atoms with E-state index in [0.29, 0.717) is 6.67 Å². The van der Waals surface area contributed by atoms with Gasteiger partial charge in [0, 0.05) is 13.6 Å². The molecular formula is C11H17N5. The number of nitrogens with zero attached hydrogens (tertiary/aromatic N) is 2. The van der Waals surface area contributed by atoms with E-state index in [4.69, 9.17) is 5.84 Å². The zero-order chi connectivity index (χ0) is 11.4. The summed E-state index contributed by atoms with van der Waals surface area (Å²) in [4.78, 5) is 4.33. The van der Waals surface area contributed by atoms with Crippen molar-refractivity contribution in [1.29, 1.82) is 0 Å². The van der Waals surface area contributed by atoms with E-state index in [0.717, 1.165) is 18.5 Å². The van der Waals surface area contributed by atoms with Gasteiger partial charge in [0.15, 0.2) is 0 Å². The summed E-state index contributed by atoms with van der Waals surface area (Å²) in [5.41, 5.74) is 6.07. The van der Waals surface area contributed by atoms with E-state index < -0.39 is 0 Å². The quantitative estimate of drug-likeness (QED) is 0.289. The second-order valence-corrected chi connectivity index (χ2v) is 3.81. The first-order valence-corrected chi connectivity index (χ1v) is 5.35. The Hall–Kier alpha value is -1.43. The van der Waals surface area contributed by atoms with E-state index in [1.54, 1.807) is 0 Å². The van der Waals surface area contributed by atoms with E-state index in [2.05, 4.69) is 33.9 Å². The largest absolute Gasteiger partial charge is 0.334 e. The lowest BCUT2D eigenvalue weighted by Crippen LogP contribution is -2.34. The maximum Gasteiger partial charge on any atom is 0.0955 e. The fourth-order valence-electron chi connectivity index (χ4n) is 1.73. The highest BCUT2D eigenvalue weighted by molar-refractivity contribution is 5.75. The number of hydrogen-bond acceptors (Lipinski definition) is 4. The van der Waals surface area contributed by atoms with Crippen molar-refractivity contribution in [3.63, 3.8) is 0 Å². The molecule has 0 radical (unpaired) electrons. The molecule has 0 aliphatic heterocycles. The number of imidazole rings is 1. The summed E-state index contributed by atoms with van der Waals surface area (Å²) in [6.45, 7) is 1.54. The number of fused-ring (bicyclic) bond motifs is 1. The number of aromatic nitrogens is 2. The Labute approximate surface area is 94.6 Å². The molecule has 1 aromatic carbocycles. The minimum Gasteiger partial charge on any atom is -0.334 e. The molecule has 0 aliphatic rings. The van der Waals surface area contributed by atoms with Gasteiger partial charge in [-0.05, 0) is 24.1 Å². The Morgan fingerprint density at radius 3 is 3.12 bits per heavy atom. The zero-order valence-electron chi connectivity index (χ0n) is 9.40. The van der Waals surface area contributed by atoms with Crippen molar-refractivity contribution in [3.05, 3.63) is 30.1 Å². The number of hydrazine groups is 1. The third kappa shape index (κ3) is 2.38. The normalized spacial score (nSPS) is 11.1. The molecule has 2 aromatic rings. The van der Waals surface area contributed by atoms with Crippen LogP contribution in [0.25, 0.3) is 11.0 Å². The molecule has 0 bridgehead atoms. The van der Waals surface area contributed by atoms with E-state index in [1.165, 1.54) is 11.1 Å². The first-order chi connectivity index (χ1) is 7.81. The van der Waals surface area contributed by atoms with Gasteiger partial charge in [-0.2, -0.15) is 0 Å². The molecular weight excluding hydrogens is 202 g/mol. The van der Waals surface area contributed by atoms with Crippen molar-refractivity contribution in [2.24, 2.45) is 12.9 Å². The number of hydrogen-bond donors (Lipinski definition) is 3. The van der Waals surface area contributed by atoms with Crippen LogP contribution in [0.5, 0.6) is 0 Å². The van der Waals surface area contributed by atoms with Crippen molar-refractivity contribution >= 4 is 11.0 Å². The van der Waals surface area contributed by atoms with Crippen molar-refractivity contribution in [1.82, 2.24) is 20.3 Å². The number of nitrogens with one attached hydrogen (secondary N) is 2. The Kier molecular flexibility index (Phi) is 3.51.